The second-order valence-corrected chi connectivity index (χ2v) is 4.63. The van der Waals surface area contributed by atoms with Gasteiger partial charge in [0.2, 0.25) is 0 Å². The van der Waals surface area contributed by atoms with Crippen molar-refractivity contribution in [3.05, 3.63) is 62.3 Å². The van der Waals surface area contributed by atoms with Crippen LogP contribution in [0.15, 0.2) is 36.5 Å². The number of nitro groups is 1. The van der Waals surface area contributed by atoms with E-state index in [-0.39, 0.29) is 5.69 Å². The molecule has 0 radical (unpaired) electrons. The number of H-pyrrole nitrogens is 1. The Bertz CT molecular complexity index is 602. The Morgan fingerprint density at radius 1 is 1.21 bits per heavy atom. The lowest BCUT2D eigenvalue weighted by Crippen LogP contribution is -2.13. The van der Waals surface area contributed by atoms with Gasteiger partial charge in [0.25, 0.3) is 5.82 Å². The highest BCUT2D eigenvalue weighted by molar-refractivity contribution is 6.42. The van der Waals surface area contributed by atoms with Gasteiger partial charge in [-0.1, -0.05) is 29.3 Å². The molecule has 2 aromatic rings. The summed E-state index contributed by atoms with van der Waals surface area (Å²) in [5.74, 6) is 0.677. The van der Waals surface area contributed by atoms with Crippen LogP contribution >= 0.6 is 23.2 Å². The lowest BCUT2D eigenvalue weighted by Gasteiger charge is -2.01. The summed E-state index contributed by atoms with van der Waals surface area (Å²) in [4.78, 5) is 12.8. The maximum atomic E-state index is 10.5. The summed E-state index contributed by atoms with van der Waals surface area (Å²) in [6.45, 7) is 0.533. The summed E-state index contributed by atoms with van der Waals surface area (Å²) in [5.41, 5.74) is 0.973. The lowest BCUT2D eigenvalue weighted by molar-refractivity contribution is -0.413. The van der Waals surface area contributed by atoms with Crippen molar-refractivity contribution in [2.45, 2.75) is 6.54 Å². The molecule has 0 atom stereocenters. The summed E-state index contributed by atoms with van der Waals surface area (Å²) in [6, 6.07) is 8.37. The molecule has 1 heterocycles. The van der Waals surface area contributed by atoms with Crippen LogP contribution in [-0.2, 0) is 6.54 Å². The molecule has 5 nitrogen and oxygen atoms in total. The minimum atomic E-state index is -0.459. The van der Waals surface area contributed by atoms with Crippen LogP contribution in [0.1, 0.15) is 5.56 Å². The van der Waals surface area contributed by atoms with E-state index < -0.39 is 4.92 Å². The molecule has 0 fully saturated rings. The number of benzene rings is 1. The van der Waals surface area contributed by atoms with E-state index in [0.717, 1.165) is 5.56 Å². The molecule has 1 aromatic carbocycles. The van der Waals surface area contributed by atoms with Crippen molar-refractivity contribution in [2.24, 2.45) is 0 Å². The zero-order valence-corrected chi connectivity index (χ0v) is 11.2. The van der Waals surface area contributed by atoms with Gasteiger partial charge < -0.3 is 0 Å². The lowest BCUT2D eigenvalue weighted by atomic mass is 10.2. The van der Waals surface area contributed by atoms with Crippen LogP contribution in [-0.4, -0.2) is 4.92 Å². The van der Waals surface area contributed by atoms with Crippen LogP contribution < -0.4 is 10.3 Å². The fourth-order valence-electron chi connectivity index (χ4n) is 1.49. The van der Waals surface area contributed by atoms with E-state index in [1.54, 1.807) is 18.2 Å². The van der Waals surface area contributed by atoms with E-state index in [9.17, 15) is 10.1 Å². The molecule has 0 bridgehead atoms. The molecule has 19 heavy (non-hydrogen) atoms. The number of hydrogen-bond acceptors (Lipinski definition) is 3. The van der Waals surface area contributed by atoms with Gasteiger partial charge in [-0.2, -0.15) is 0 Å². The molecule has 98 valence electrons. The highest BCUT2D eigenvalue weighted by Gasteiger charge is 2.09. The van der Waals surface area contributed by atoms with Gasteiger partial charge in [0.15, 0.2) is 6.20 Å². The SMILES string of the molecule is O=[N+]([O-])c1ccc(NCc2ccc(Cl)c(Cl)c2)[nH+]c1. The van der Waals surface area contributed by atoms with E-state index in [4.69, 9.17) is 23.2 Å². The van der Waals surface area contributed by atoms with E-state index in [1.807, 2.05) is 6.07 Å². The fraction of sp³-hybridized carbons (Fsp3) is 0.0833. The highest BCUT2D eigenvalue weighted by Crippen LogP contribution is 2.22. The maximum Gasteiger partial charge on any atom is 0.308 e. The molecular weight excluding hydrogens is 289 g/mol. The van der Waals surface area contributed by atoms with E-state index in [2.05, 4.69) is 10.3 Å². The standard InChI is InChI=1S/C12H9Cl2N3O2/c13-10-3-1-8(5-11(10)14)6-15-12-4-2-9(7-16-12)17(18)19/h1-5,7H,6H2,(H,15,16)/p+1. The molecule has 0 aliphatic carbocycles. The van der Waals surface area contributed by atoms with Gasteiger partial charge in [0.05, 0.1) is 15.0 Å². The zero-order valence-electron chi connectivity index (χ0n) is 9.69. The number of nitrogens with one attached hydrogen (secondary N) is 2. The van der Waals surface area contributed by atoms with Gasteiger partial charge in [-0.25, -0.2) is 4.98 Å². The molecule has 2 rings (SSSR count). The minimum absolute atomic E-state index is 0.0140. The molecule has 0 aliphatic rings. The van der Waals surface area contributed by atoms with Gasteiger partial charge in [-0.15, -0.1) is 0 Å². The third-order valence-electron chi connectivity index (χ3n) is 2.47. The van der Waals surface area contributed by atoms with Gasteiger partial charge in [0, 0.05) is 12.1 Å². The third kappa shape index (κ3) is 3.56. The summed E-state index contributed by atoms with van der Waals surface area (Å²) >= 11 is 11.7. The van der Waals surface area contributed by atoms with Crippen molar-refractivity contribution in [3.63, 3.8) is 0 Å². The van der Waals surface area contributed by atoms with Crippen molar-refractivity contribution in [1.29, 1.82) is 0 Å². The second-order valence-electron chi connectivity index (χ2n) is 3.82. The first-order valence-electron chi connectivity index (χ1n) is 5.40. The Balaban J connectivity index is 2.01. The molecule has 0 amide bonds. The Kier molecular flexibility index (Phi) is 4.19. The first-order chi connectivity index (χ1) is 9.06. The van der Waals surface area contributed by atoms with Crippen LogP contribution in [0.25, 0.3) is 0 Å². The monoisotopic (exact) mass is 298 g/mol. The van der Waals surface area contributed by atoms with Crippen LogP contribution in [0.3, 0.4) is 0 Å². The van der Waals surface area contributed by atoms with Gasteiger partial charge in [0.1, 0.15) is 6.54 Å². The normalized spacial score (nSPS) is 10.2. The van der Waals surface area contributed by atoms with Crippen molar-refractivity contribution >= 4 is 34.7 Å². The van der Waals surface area contributed by atoms with Crippen molar-refractivity contribution in [1.82, 2.24) is 0 Å². The highest BCUT2D eigenvalue weighted by atomic mass is 35.5. The van der Waals surface area contributed by atoms with E-state index in [1.165, 1.54) is 12.3 Å². The van der Waals surface area contributed by atoms with Gasteiger partial charge in [-0.3, -0.25) is 15.4 Å². The predicted molar refractivity (Wildman–Crippen MR) is 73.4 cm³/mol. The molecule has 1 aromatic heterocycles. The molecule has 2 N–H and O–H groups in total. The summed E-state index contributed by atoms with van der Waals surface area (Å²) < 4.78 is 0. The molecule has 0 aliphatic heterocycles. The summed E-state index contributed by atoms with van der Waals surface area (Å²) in [5, 5.41) is 14.6. The zero-order chi connectivity index (χ0) is 13.8. The Hall–Kier alpha value is -1.85. The van der Waals surface area contributed by atoms with Crippen molar-refractivity contribution in [3.8, 4) is 0 Å². The quantitative estimate of drug-likeness (QED) is 0.695. The first kappa shape index (κ1) is 13.6. The smallest absolute Gasteiger partial charge is 0.270 e. The third-order valence-corrected chi connectivity index (χ3v) is 3.21. The number of nitrogens with zero attached hydrogens (tertiary/aromatic N) is 1. The minimum Gasteiger partial charge on any atom is -0.270 e. The number of hydrogen-bond donors (Lipinski definition) is 1. The number of rotatable bonds is 4. The average molecular weight is 299 g/mol. The van der Waals surface area contributed by atoms with E-state index >= 15 is 0 Å². The molecule has 7 heteroatoms. The Labute approximate surface area is 119 Å². The maximum absolute atomic E-state index is 10.5. The van der Waals surface area contributed by atoms with Crippen molar-refractivity contribution < 1.29 is 9.91 Å². The number of aromatic nitrogens is 1. The number of anilines is 1. The molecule has 0 spiro atoms. The van der Waals surface area contributed by atoms with Crippen LogP contribution in [0.5, 0.6) is 0 Å². The molecule has 0 saturated heterocycles. The average Bonchev–Trinajstić information content (AvgIpc) is 2.40. The topological polar surface area (TPSA) is 69.3 Å². The number of aromatic amines is 1. The molecule has 0 unspecified atom stereocenters. The van der Waals surface area contributed by atoms with E-state index in [0.29, 0.717) is 22.4 Å². The molecule has 0 saturated carbocycles. The Morgan fingerprint density at radius 2 is 2.00 bits per heavy atom. The predicted octanol–water partition coefficient (Wildman–Crippen LogP) is 3.33. The molecular formula is C12H10Cl2N3O2+. The van der Waals surface area contributed by atoms with Gasteiger partial charge in [-0.05, 0) is 17.7 Å². The van der Waals surface area contributed by atoms with Crippen LogP contribution in [0, 0.1) is 10.1 Å². The van der Waals surface area contributed by atoms with Crippen molar-refractivity contribution in [2.75, 3.05) is 5.32 Å². The summed E-state index contributed by atoms with van der Waals surface area (Å²) in [7, 11) is 0. The first-order valence-corrected chi connectivity index (χ1v) is 6.16. The fourth-order valence-corrected chi connectivity index (χ4v) is 1.81. The largest absolute Gasteiger partial charge is 0.308 e. The summed E-state index contributed by atoms with van der Waals surface area (Å²) in [6.07, 6.45) is 1.33. The van der Waals surface area contributed by atoms with Crippen LogP contribution in [0.4, 0.5) is 11.5 Å². The van der Waals surface area contributed by atoms with Crippen LogP contribution in [0.2, 0.25) is 10.0 Å². The second kappa shape index (κ2) is 5.86. The van der Waals surface area contributed by atoms with Gasteiger partial charge >= 0.3 is 5.69 Å². The number of pyridine rings is 1. The number of halogens is 2. The Morgan fingerprint density at radius 3 is 2.58 bits per heavy atom.